The van der Waals surface area contributed by atoms with Crippen molar-refractivity contribution in [3.05, 3.63) is 71.8 Å². The number of hydrogen-bond acceptors (Lipinski definition) is 5. The van der Waals surface area contributed by atoms with Gasteiger partial charge in [0, 0.05) is 50.5 Å². The Labute approximate surface area is 228 Å². The third-order valence-electron chi connectivity index (χ3n) is 9.47. The molecule has 2 aliphatic heterocycles. The number of rotatable bonds is 10. The molecule has 4 heterocycles. The van der Waals surface area contributed by atoms with Gasteiger partial charge in [-0.1, -0.05) is 43.5 Å². The molecule has 2 aromatic heterocycles. The quantitative estimate of drug-likeness (QED) is 0.398. The van der Waals surface area contributed by atoms with Crippen LogP contribution in [0.15, 0.2) is 49.1 Å². The van der Waals surface area contributed by atoms with Gasteiger partial charge in [-0.3, -0.25) is 4.90 Å². The molecule has 1 aliphatic carbocycles. The van der Waals surface area contributed by atoms with Crippen LogP contribution >= 0.6 is 0 Å². The lowest BCUT2D eigenvalue weighted by molar-refractivity contribution is 0.0620. The number of nitrogens with one attached hydrogen (secondary N) is 2. The average molecular weight is 516 g/mol. The topological polar surface area (TPSA) is 67.1 Å². The van der Waals surface area contributed by atoms with Crippen LogP contribution < -0.4 is 0 Å². The fourth-order valence-electron chi connectivity index (χ4n) is 7.15. The van der Waals surface area contributed by atoms with Gasteiger partial charge in [-0.2, -0.15) is 0 Å². The Bertz CT molecular complexity index is 1040. The maximum Gasteiger partial charge on any atom is 0.120 e. The Kier molecular flexibility index (Phi) is 8.24. The number of aromatic amines is 2. The molecule has 3 fully saturated rings. The predicted molar refractivity (Wildman–Crippen MR) is 151 cm³/mol. The van der Waals surface area contributed by atoms with Crippen LogP contribution in [-0.4, -0.2) is 73.4 Å². The van der Waals surface area contributed by atoms with Crippen molar-refractivity contribution < 1.29 is 0 Å². The van der Waals surface area contributed by atoms with Crippen molar-refractivity contribution in [2.75, 3.05) is 32.7 Å². The van der Waals surface area contributed by atoms with Crippen molar-refractivity contribution in [1.29, 1.82) is 0 Å². The van der Waals surface area contributed by atoms with E-state index in [-0.39, 0.29) is 0 Å². The van der Waals surface area contributed by atoms with Crippen molar-refractivity contribution in [1.82, 2.24) is 34.6 Å². The summed E-state index contributed by atoms with van der Waals surface area (Å²) in [4.78, 5) is 23.3. The summed E-state index contributed by atoms with van der Waals surface area (Å²) >= 11 is 0. The number of imidazole rings is 2. The van der Waals surface area contributed by atoms with Gasteiger partial charge in [-0.05, 0) is 74.7 Å². The van der Waals surface area contributed by atoms with E-state index in [1.807, 2.05) is 24.8 Å². The largest absolute Gasteiger partial charge is 0.348 e. The van der Waals surface area contributed by atoms with Crippen molar-refractivity contribution in [3.8, 4) is 0 Å². The smallest absolute Gasteiger partial charge is 0.120 e. The van der Waals surface area contributed by atoms with Crippen LogP contribution in [0.4, 0.5) is 0 Å². The zero-order valence-corrected chi connectivity index (χ0v) is 23.0. The van der Waals surface area contributed by atoms with Gasteiger partial charge in [0.15, 0.2) is 0 Å². The second-order valence-electron chi connectivity index (χ2n) is 12.1. The molecular formula is C31H45N7. The van der Waals surface area contributed by atoms with Gasteiger partial charge >= 0.3 is 0 Å². The Morgan fingerprint density at radius 3 is 2.05 bits per heavy atom. The monoisotopic (exact) mass is 515 g/mol. The SMILES string of the molecule is c1c[nH]c(CN(Cc2ccc(CCN3CCC4(CCN(C5CCCCC5)CC4)C3)cc2)Cc2ncc[nH]2)n1. The lowest BCUT2D eigenvalue weighted by Gasteiger charge is -2.44. The molecule has 1 spiro atoms. The van der Waals surface area contributed by atoms with E-state index in [4.69, 9.17) is 0 Å². The molecule has 0 radical (unpaired) electrons. The molecule has 1 saturated carbocycles. The van der Waals surface area contributed by atoms with Crippen LogP contribution in [0.1, 0.15) is 74.1 Å². The summed E-state index contributed by atoms with van der Waals surface area (Å²) in [7, 11) is 0. The maximum absolute atomic E-state index is 4.42. The highest BCUT2D eigenvalue weighted by Crippen LogP contribution is 2.41. The minimum atomic E-state index is 0.598. The van der Waals surface area contributed by atoms with E-state index >= 15 is 0 Å². The summed E-state index contributed by atoms with van der Waals surface area (Å²) in [5, 5.41) is 0. The molecule has 0 unspecified atom stereocenters. The molecule has 7 heteroatoms. The normalized spacial score (nSPS) is 21.1. The molecule has 2 N–H and O–H groups in total. The highest BCUT2D eigenvalue weighted by atomic mass is 15.2. The predicted octanol–water partition coefficient (Wildman–Crippen LogP) is 5.00. The summed E-state index contributed by atoms with van der Waals surface area (Å²) in [6.07, 6.45) is 20.1. The van der Waals surface area contributed by atoms with Crippen molar-refractivity contribution >= 4 is 0 Å². The molecule has 0 amide bonds. The molecule has 3 aliphatic rings. The van der Waals surface area contributed by atoms with E-state index in [0.29, 0.717) is 5.41 Å². The van der Waals surface area contributed by atoms with Gasteiger partial charge in [-0.25, -0.2) is 9.97 Å². The summed E-state index contributed by atoms with van der Waals surface area (Å²) in [5.74, 6) is 1.97. The number of piperidine rings is 1. The third kappa shape index (κ3) is 6.56. The van der Waals surface area contributed by atoms with E-state index < -0.39 is 0 Å². The Balaban J connectivity index is 0.970. The first-order chi connectivity index (χ1) is 18.7. The number of hydrogen-bond donors (Lipinski definition) is 2. The van der Waals surface area contributed by atoms with Crippen molar-refractivity contribution in [3.63, 3.8) is 0 Å². The molecule has 6 rings (SSSR count). The number of nitrogens with zero attached hydrogens (tertiary/aromatic N) is 5. The molecule has 7 nitrogen and oxygen atoms in total. The van der Waals surface area contributed by atoms with Gasteiger partial charge in [0.2, 0.25) is 0 Å². The molecule has 38 heavy (non-hydrogen) atoms. The van der Waals surface area contributed by atoms with E-state index in [9.17, 15) is 0 Å². The second kappa shape index (κ2) is 12.1. The van der Waals surface area contributed by atoms with E-state index in [1.165, 1.54) is 95.2 Å². The standard InChI is InChI=1S/C31H45N7/c1-2-4-28(5-3-1)38-20-12-31(13-21-38)11-19-36(25-31)18-10-26-6-8-27(9-7-26)22-37(23-29-32-14-15-33-29)24-30-34-16-17-35-30/h6-9,14-17,28H,1-5,10-13,18-25H2,(H,32,33)(H,34,35). The molecular weight excluding hydrogens is 470 g/mol. The fraction of sp³-hybridized carbons (Fsp3) is 0.613. The van der Waals surface area contributed by atoms with Crippen LogP contribution in [0.5, 0.6) is 0 Å². The first-order valence-electron chi connectivity index (χ1n) is 15.0. The van der Waals surface area contributed by atoms with Crippen LogP contribution in [0.3, 0.4) is 0 Å². The summed E-state index contributed by atoms with van der Waals surface area (Å²) in [5.41, 5.74) is 3.38. The van der Waals surface area contributed by atoms with E-state index in [2.05, 4.69) is 58.9 Å². The summed E-state index contributed by atoms with van der Waals surface area (Å²) in [6, 6.07) is 10.2. The zero-order valence-electron chi connectivity index (χ0n) is 23.0. The molecule has 204 valence electrons. The van der Waals surface area contributed by atoms with Crippen molar-refractivity contribution in [2.45, 2.75) is 83.5 Å². The van der Waals surface area contributed by atoms with Crippen LogP contribution in [0, 0.1) is 5.41 Å². The minimum absolute atomic E-state index is 0.598. The Hall–Kier alpha value is -2.48. The lowest BCUT2D eigenvalue weighted by Crippen LogP contribution is -2.46. The number of aromatic nitrogens is 4. The van der Waals surface area contributed by atoms with Crippen LogP contribution in [0.2, 0.25) is 0 Å². The first kappa shape index (κ1) is 25.8. The van der Waals surface area contributed by atoms with Gasteiger partial charge in [0.25, 0.3) is 0 Å². The van der Waals surface area contributed by atoms with Crippen LogP contribution in [-0.2, 0) is 26.1 Å². The Morgan fingerprint density at radius 1 is 0.789 bits per heavy atom. The summed E-state index contributed by atoms with van der Waals surface area (Å²) in [6.45, 7) is 8.89. The van der Waals surface area contributed by atoms with E-state index in [0.717, 1.165) is 43.7 Å². The molecule has 1 aromatic carbocycles. The third-order valence-corrected chi connectivity index (χ3v) is 9.47. The fourth-order valence-corrected chi connectivity index (χ4v) is 7.15. The van der Waals surface area contributed by atoms with Gasteiger partial charge in [0.1, 0.15) is 11.6 Å². The second-order valence-corrected chi connectivity index (χ2v) is 12.1. The minimum Gasteiger partial charge on any atom is -0.348 e. The number of benzene rings is 1. The average Bonchev–Trinajstić information content (AvgIpc) is 3.73. The Morgan fingerprint density at radius 2 is 1.42 bits per heavy atom. The highest BCUT2D eigenvalue weighted by Gasteiger charge is 2.41. The lowest BCUT2D eigenvalue weighted by atomic mass is 9.77. The molecule has 2 saturated heterocycles. The summed E-state index contributed by atoms with van der Waals surface area (Å²) < 4.78 is 0. The van der Waals surface area contributed by atoms with Crippen molar-refractivity contribution in [2.24, 2.45) is 5.41 Å². The first-order valence-corrected chi connectivity index (χ1v) is 15.0. The maximum atomic E-state index is 4.42. The zero-order chi connectivity index (χ0) is 25.6. The molecule has 0 atom stereocenters. The number of likely N-dealkylation sites (tertiary alicyclic amines) is 2. The van der Waals surface area contributed by atoms with Gasteiger partial charge < -0.3 is 19.8 Å². The number of H-pyrrole nitrogens is 2. The molecule has 3 aromatic rings. The van der Waals surface area contributed by atoms with Gasteiger partial charge in [0.05, 0.1) is 13.1 Å². The highest BCUT2D eigenvalue weighted by molar-refractivity contribution is 5.23. The molecule has 0 bridgehead atoms. The van der Waals surface area contributed by atoms with Crippen LogP contribution in [0.25, 0.3) is 0 Å². The van der Waals surface area contributed by atoms with E-state index in [1.54, 1.807) is 0 Å². The van der Waals surface area contributed by atoms with Gasteiger partial charge in [-0.15, -0.1) is 0 Å².